The van der Waals surface area contributed by atoms with Crippen LogP contribution in [0.1, 0.15) is 30.9 Å². The number of hydrogen-bond donors (Lipinski definition) is 1. The van der Waals surface area contributed by atoms with Gasteiger partial charge >= 0.3 is 6.18 Å². The Morgan fingerprint density at radius 2 is 1.86 bits per heavy atom. The Morgan fingerprint density at radius 3 is 2.47 bits per heavy atom. The van der Waals surface area contributed by atoms with Crippen LogP contribution in [0.5, 0.6) is 5.75 Å². The van der Waals surface area contributed by atoms with Crippen molar-refractivity contribution in [3.63, 3.8) is 0 Å². The number of ether oxygens (including phenoxy) is 3. The van der Waals surface area contributed by atoms with E-state index >= 15 is 0 Å². The van der Waals surface area contributed by atoms with Crippen LogP contribution in [0.25, 0.3) is 27.4 Å². The Hall–Kier alpha value is -4.56. The van der Waals surface area contributed by atoms with Crippen molar-refractivity contribution in [1.82, 2.24) is 9.97 Å². The molecule has 0 bridgehead atoms. The first-order valence-corrected chi connectivity index (χ1v) is 13.9. The van der Waals surface area contributed by atoms with Crippen LogP contribution in [0, 0.1) is 17.9 Å². The zero-order valence-electron chi connectivity index (χ0n) is 22.9. The number of benzene rings is 2. The summed E-state index contributed by atoms with van der Waals surface area (Å²) in [5.74, 6) is -2.05. The molecule has 1 atom stereocenters. The molecule has 2 aromatic carbocycles. The van der Waals surface area contributed by atoms with Gasteiger partial charge in [0, 0.05) is 16.9 Å². The molecule has 1 fully saturated rings. The van der Waals surface area contributed by atoms with Crippen molar-refractivity contribution in [1.29, 1.82) is 5.26 Å². The molecular weight excluding hydrogens is 583 g/mol. The summed E-state index contributed by atoms with van der Waals surface area (Å²) in [6.07, 6.45) is -5.03. The Bertz CT molecular complexity index is 1710. The van der Waals surface area contributed by atoms with Crippen molar-refractivity contribution >= 4 is 23.3 Å². The fraction of sp³-hybridized carbons (Fsp3) is 0.267. The van der Waals surface area contributed by atoms with Gasteiger partial charge in [-0.15, -0.1) is 0 Å². The van der Waals surface area contributed by atoms with Crippen LogP contribution in [0.3, 0.4) is 0 Å². The summed E-state index contributed by atoms with van der Waals surface area (Å²) < 4.78 is 63.7. The first-order valence-electron chi connectivity index (χ1n) is 12.9. The summed E-state index contributed by atoms with van der Waals surface area (Å²) in [6.45, 7) is 12.0. The Morgan fingerprint density at radius 1 is 1.14 bits per heavy atom. The number of hydrogen-bond acceptors (Lipinski definition) is 9. The van der Waals surface area contributed by atoms with Crippen LogP contribution in [0.15, 0.2) is 64.0 Å². The van der Waals surface area contributed by atoms with E-state index in [9.17, 15) is 18.4 Å². The molecule has 3 heterocycles. The fourth-order valence-electron chi connectivity index (χ4n) is 4.44. The lowest BCUT2D eigenvalue weighted by Crippen LogP contribution is -2.25. The summed E-state index contributed by atoms with van der Waals surface area (Å²) in [5.41, 5.74) is 6.77. The number of nitriles is 1. The van der Waals surface area contributed by atoms with Crippen LogP contribution in [-0.2, 0) is 21.4 Å². The largest absolute Gasteiger partial charge is 0.491 e. The topological polar surface area (TPSA) is 121 Å². The zero-order valence-corrected chi connectivity index (χ0v) is 23.8. The Labute approximate surface area is 249 Å². The molecule has 1 aliphatic heterocycles. The van der Waals surface area contributed by atoms with Crippen LogP contribution in [0.2, 0.25) is 0 Å². The fourth-order valence-corrected chi connectivity index (χ4v) is 5.36. The Balaban J connectivity index is 1.42. The van der Waals surface area contributed by atoms with Crippen molar-refractivity contribution in [3.05, 3.63) is 83.0 Å². The summed E-state index contributed by atoms with van der Waals surface area (Å²) in [4.78, 5) is 11.8. The van der Waals surface area contributed by atoms with Crippen LogP contribution in [0.4, 0.5) is 24.7 Å². The third kappa shape index (κ3) is 6.60. The number of nitrogen functional groups attached to an aromatic ring is 1. The quantitative estimate of drug-likeness (QED) is 0.163. The van der Waals surface area contributed by atoms with Crippen LogP contribution in [-0.4, -0.2) is 35.1 Å². The van der Waals surface area contributed by atoms with E-state index in [2.05, 4.69) is 20.9 Å². The number of aromatic nitrogens is 2. The molecule has 5 rings (SSSR count). The van der Waals surface area contributed by atoms with E-state index in [1.165, 1.54) is 0 Å². The number of anilines is 1. The number of thioether (sulfide) groups is 1. The van der Waals surface area contributed by atoms with E-state index in [0.717, 1.165) is 11.8 Å². The molecule has 1 saturated heterocycles. The number of pyridine rings is 1. The van der Waals surface area contributed by atoms with Crippen molar-refractivity contribution in [2.24, 2.45) is 0 Å². The summed E-state index contributed by atoms with van der Waals surface area (Å²) in [7, 11) is 0. The zero-order chi connectivity index (χ0) is 30.8. The molecule has 0 amide bonds. The second kappa shape index (κ2) is 12.0. The Kier molecular flexibility index (Phi) is 8.33. The van der Waals surface area contributed by atoms with Gasteiger partial charge in [0.15, 0.2) is 5.79 Å². The van der Waals surface area contributed by atoms with Crippen LogP contribution >= 0.6 is 11.8 Å². The van der Waals surface area contributed by atoms with Gasteiger partial charge in [-0.05, 0) is 43.7 Å². The average molecular weight is 608 g/mol. The lowest BCUT2D eigenvalue weighted by Gasteiger charge is -2.17. The van der Waals surface area contributed by atoms with Gasteiger partial charge in [-0.3, -0.25) is 0 Å². The maximum Gasteiger partial charge on any atom is 0.451 e. The third-order valence-electron chi connectivity index (χ3n) is 6.36. The molecule has 9 nitrogen and oxygen atoms in total. The van der Waals surface area contributed by atoms with Crippen molar-refractivity contribution < 1.29 is 31.8 Å². The summed E-state index contributed by atoms with van der Waals surface area (Å²) in [5, 5.41) is 10.2. The molecular formula is C30H24F3N5O4S. The second-order valence-corrected chi connectivity index (χ2v) is 10.8. The minimum atomic E-state index is -4.80. The van der Waals surface area contributed by atoms with Crippen molar-refractivity contribution in [3.8, 4) is 34.4 Å². The van der Waals surface area contributed by atoms with Crippen molar-refractivity contribution in [2.45, 2.75) is 42.7 Å². The first-order chi connectivity index (χ1) is 20.5. The van der Waals surface area contributed by atoms with Gasteiger partial charge in [0.1, 0.15) is 41.1 Å². The van der Waals surface area contributed by atoms with E-state index in [-0.39, 0.29) is 57.7 Å². The van der Waals surface area contributed by atoms with Gasteiger partial charge in [-0.2, -0.15) is 18.4 Å². The predicted molar refractivity (Wildman–Crippen MR) is 152 cm³/mol. The summed E-state index contributed by atoms with van der Waals surface area (Å²) >= 11 is 0.841. The molecule has 0 spiro atoms. The molecule has 2 N–H and O–H groups in total. The maximum atomic E-state index is 13.8. The maximum absolute atomic E-state index is 13.8. The lowest BCUT2D eigenvalue weighted by molar-refractivity contribution is -0.153. The SMILES string of the molecule is [C-]#[N+]c1c(N)nc(SCc2nc(-c3ccccc3)oc2C(F)(F)F)c(C#N)c1-c1ccc(OC[C@@H]2COC(C)(C)O2)cc1. The molecule has 1 aliphatic rings. The molecule has 0 radical (unpaired) electrons. The number of nitrogens with two attached hydrogens (primary N) is 1. The highest BCUT2D eigenvalue weighted by atomic mass is 32.2. The molecule has 0 unspecified atom stereocenters. The molecule has 13 heteroatoms. The van der Waals surface area contributed by atoms with Crippen LogP contribution < -0.4 is 10.5 Å². The van der Waals surface area contributed by atoms with E-state index in [0.29, 0.717) is 23.5 Å². The molecule has 43 heavy (non-hydrogen) atoms. The van der Waals surface area contributed by atoms with Gasteiger partial charge in [0.25, 0.3) is 0 Å². The molecule has 0 saturated carbocycles. The second-order valence-electron chi connectivity index (χ2n) is 9.86. The molecule has 220 valence electrons. The monoisotopic (exact) mass is 607 g/mol. The number of nitrogens with zero attached hydrogens (tertiary/aromatic N) is 4. The van der Waals surface area contributed by atoms with E-state index < -0.39 is 17.7 Å². The highest BCUT2D eigenvalue weighted by Crippen LogP contribution is 2.43. The van der Waals surface area contributed by atoms with Gasteiger partial charge < -0.3 is 24.4 Å². The highest BCUT2D eigenvalue weighted by molar-refractivity contribution is 7.98. The lowest BCUT2D eigenvalue weighted by atomic mass is 10.00. The standard InChI is InChI=1S/C30H24F3N5O4S/c1-29(2)40-15-20(42-29)14-39-19-11-9-17(10-12-19)23-21(13-34)28(38-26(35)24(23)36-3)43-16-22-25(30(31,32)33)41-27(37-22)18-7-5-4-6-8-18/h4-12,20H,14-16H2,1-2H3,(H2,35,38)/t20-/m1/s1. The predicted octanol–water partition coefficient (Wildman–Crippen LogP) is 7.25. The molecule has 4 aromatic rings. The molecule has 2 aromatic heterocycles. The van der Waals surface area contributed by atoms with Gasteiger partial charge in [0.05, 0.1) is 18.7 Å². The molecule has 0 aliphatic carbocycles. The van der Waals surface area contributed by atoms with Gasteiger partial charge in [-0.25, -0.2) is 14.8 Å². The first kappa shape index (κ1) is 29.9. The van der Waals surface area contributed by atoms with E-state index in [4.69, 9.17) is 30.9 Å². The van der Waals surface area contributed by atoms with E-state index in [1.54, 1.807) is 54.6 Å². The summed E-state index contributed by atoms with van der Waals surface area (Å²) in [6, 6.07) is 16.9. The highest BCUT2D eigenvalue weighted by Gasteiger charge is 2.40. The number of alkyl halides is 3. The minimum Gasteiger partial charge on any atom is -0.491 e. The number of halogens is 3. The average Bonchev–Trinajstić information content (AvgIpc) is 3.58. The third-order valence-corrected chi connectivity index (χ3v) is 7.34. The number of rotatable bonds is 8. The van der Waals surface area contributed by atoms with Crippen molar-refractivity contribution in [2.75, 3.05) is 18.9 Å². The smallest absolute Gasteiger partial charge is 0.451 e. The van der Waals surface area contributed by atoms with Gasteiger partial charge in [0.2, 0.25) is 17.3 Å². The number of oxazole rings is 1. The minimum absolute atomic E-state index is 0.00191. The normalized spacial score (nSPS) is 16.0. The van der Waals surface area contributed by atoms with Gasteiger partial charge in [-0.1, -0.05) is 42.1 Å². The van der Waals surface area contributed by atoms with E-state index in [1.807, 2.05) is 13.8 Å².